The molecule has 1 aliphatic heterocycles. The van der Waals surface area contributed by atoms with E-state index in [1.165, 1.54) is 11.3 Å². The summed E-state index contributed by atoms with van der Waals surface area (Å²) in [6.45, 7) is 0.798. The van der Waals surface area contributed by atoms with Crippen molar-refractivity contribution in [3.63, 3.8) is 0 Å². The zero-order chi connectivity index (χ0) is 18.6. The van der Waals surface area contributed by atoms with E-state index < -0.39 is 0 Å². The number of hydrogen-bond donors (Lipinski definition) is 0. The summed E-state index contributed by atoms with van der Waals surface area (Å²) >= 11 is 1.48. The van der Waals surface area contributed by atoms with Crippen molar-refractivity contribution in [2.24, 2.45) is 0 Å². The zero-order valence-electron chi connectivity index (χ0n) is 14.6. The molecule has 27 heavy (non-hydrogen) atoms. The lowest BCUT2D eigenvalue weighted by atomic mass is 10.00. The normalized spacial score (nSPS) is 13.3. The molecule has 0 unspecified atom stereocenters. The molecule has 0 aliphatic carbocycles. The number of amides is 1. The second-order valence-corrected chi connectivity index (χ2v) is 7.19. The summed E-state index contributed by atoms with van der Waals surface area (Å²) in [4.78, 5) is 31.0. The number of anilines is 1. The van der Waals surface area contributed by atoms with Gasteiger partial charge in [-0.2, -0.15) is 0 Å². The highest BCUT2D eigenvalue weighted by Crippen LogP contribution is 2.27. The smallest absolute Gasteiger partial charge is 0.233 e. The van der Waals surface area contributed by atoms with E-state index in [4.69, 9.17) is 4.74 Å². The van der Waals surface area contributed by atoms with Gasteiger partial charge in [0.05, 0.1) is 17.8 Å². The lowest BCUT2D eigenvalue weighted by Gasteiger charge is -2.28. The summed E-state index contributed by atoms with van der Waals surface area (Å²) in [7, 11) is 0. The summed E-state index contributed by atoms with van der Waals surface area (Å²) < 4.78 is 5.70. The van der Waals surface area contributed by atoms with E-state index in [1.54, 1.807) is 11.0 Å². The van der Waals surface area contributed by atoms with Crippen LogP contribution in [0.1, 0.15) is 27.5 Å². The van der Waals surface area contributed by atoms with Crippen LogP contribution in [0.5, 0.6) is 5.75 Å². The summed E-state index contributed by atoms with van der Waals surface area (Å²) in [6.07, 6.45) is 0.570. The van der Waals surface area contributed by atoms with Gasteiger partial charge in [-0.15, -0.1) is 11.3 Å². The molecule has 2 heterocycles. The Labute approximate surface area is 161 Å². The highest BCUT2D eigenvalue weighted by atomic mass is 32.1. The van der Waals surface area contributed by atoms with Gasteiger partial charge in [-0.05, 0) is 24.3 Å². The number of rotatable bonds is 5. The fourth-order valence-electron chi connectivity index (χ4n) is 3.08. The number of carbonyl (C=O) groups excluding carboxylic acids is 2. The Morgan fingerprint density at radius 2 is 1.89 bits per heavy atom. The molecule has 0 N–H and O–H groups in total. The molecule has 6 heteroatoms. The predicted molar refractivity (Wildman–Crippen MR) is 104 cm³/mol. The first kappa shape index (κ1) is 17.4. The minimum atomic E-state index is -0.0456. The van der Waals surface area contributed by atoms with E-state index in [1.807, 2.05) is 53.9 Å². The number of ketones is 1. The maximum atomic E-state index is 12.8. The Morgan fingerprint density at radius 3 is 2.74 bits per heavy atom. The number of aromatic nitrogens is 1. The van der Waals surface area contributed by atoms with Gasteiger partial charge in [0.2, 0.25) is 5.91 Å². The van der Waals surface area contributed by atoms with Crippen LogP contribution in [0.15, 0.2) is 60.0 Å². The average molecular weight is 378 g/mol. The van der Waals surface area contributed by atoms with Gasteiger partial charge >= 0.3 is 0 Å². The molecule has 5 nitrogen and oxygen atoms in total. The van der Waals surface area contributed by atoms with E-state index in [2.05, 4.69) is 4.98 Å². The van der Waals surface area contributed by atoms with Crippen molar-refractivity contribution < 1.29 is 14.3 Å². The highest BCUT2D eigenvalue weighted by molar-refractivity contribution is 7.09. The number of nitrogens with zero attached hydrogens (tertiary/aromatic N) is 2. The topological polar surface area (TPSA) is 59.5 Å². The maximum absolute atomic E-state index is 12.8. The first-order chi connectivity index (χ1) is 13.2. The Balaban J connectivity index is 1.41. The number of para-hydroxylation sites is 2. The van der Waals surface area contributed by atoms with Crippen LogP contribution in [0.4, 0.5) is 5.69 Å². The van der Waals surface area contributed by atoms with Gasteiger partial charge in [0, 0.05) is 23.9 Å². The fraction of sp³-hybridized carbons (Fsp3) is 0.190. The van der Waals surface area contributed by atoms with Crippen molar-refractivity contribution in [2.75, 3.05) is 11.4 Å². The molecule has 0 spiro atoms. The number of Topliss-reactive ketones (excluding diaryl/α,β-unsaturated/α-hetero) is 1. The van der Waals surface area contributed by atoms with Crippen molar-refractivity contribution in [2.45, 2.75) is 19.4 Å². The summed E-state index contributed by atoms with van der Waals surface area (Å²) in [6, 6.07) is 16.8. The largest absolute Gasteiger partial charge is 0.486 e. The maximum Gasteiger partial charge on any atom is 0.233 e. The van der Waals surface area contributed by atoms with Crippen molar-refractivity contribution in [3.05, 3.63) is 76.2 Å². The third-order valence-corrected chi connectivity index (χ3v) is 5.27. The molecular weight excluding hydrogens is 360 g/mol. The Bertz CT molecular complexity index is 968. The summed E-state index contributed by atoms with van der Waals surface area (Å²) in [5, 5.41) is 2.72. The molecule has 4 rings (SSSR count). The van der Waals surface area contributed by atoms with Gasteiger partial charge in [-0.1, -0.05) is 30.3 Å². The second-order valence-electron chi connectivity index (χ2n) is 6.25. The minimum absolute atomic E-state index is 0.0456. The molecule has 136 valence electrons. The predicted octanol–water partition coefficient (Wildman–Crippen LogP) is 3.88. The van der Waals surface area contributed by atoms with E-state index in [9.17, 15) is 9.59 Å². The van der Waals surface area contributed by atoms with Crippen LogP contribution in [0.25, 0.3) is 0 Å². The Kier molecular flexibility index (Phi) is 4.98. The van der Waals surface area contributed by atoms with E-state index in [0.717, 1.165) is 16.5 Å². The number of carbonyl (C=O) groups is 2. The molecule has 0 saturated heterocycles. The third-order valence-electron chi connectivity index (χ3n) is 4.40. The number of hydrogen-bond acceptors (Lipinski definition) is 5. The fourth-order valence-corrected chi connectivity index (χ4v) is 3.79. The van der Waals surface area contributed by atoms with Crippen LogP contribution in [0.3, 0.4) is 0 Å². The Hall–Kier alpha value is -2.99. The molecule has 1 aromatic heterocycles. The molecular formula is C21H18N2O3S. The molecule has 2 aromatic carbocycles. The van der Waals surface area contributed by atoms with Gasteiger partial charge in [0.1, 0.15) is 17.4 Å². The van der Waals surface area contributed by atoms with Gasteiger partial charge in [-0.3, -0.25) is 9.59 Å². The monoisotopic (exact) mass is 378 g/mol. The van der Waals surface area contributed by atoms with Crippen LogP contribution in [-0.4, -0.2) is 23.2 Å². The molecule has 0 saturated carbocycles. The number of thiazole rings is 1. The number of ether oxygens (including phenoxy) is 1. The van der Waals surface area contributed by atoms with Crippen LogP contribution < -0.4 is 9.64 Å². The van der Waals surface area contributed by atoms with E-state index in [-0.39, 0.29) is 18.1 Å². The first-order valence-electron chi connectivity index (χ1n) is 8.74. The summed E-state index contributed by atoms with van der Waals surface area (Å²) in [5.41, 5.74) is 2.04. The SMILES string of the molecule is O=C1CCN(C(=O)Cc2csc(COc3ccccc3)n2)c2ccccc21. The average Bonchev–Trinajstić information content (AvgIpc) is 3.15. The molecule has 0 radical (unpaired) electrons. The van der Waals surface area contributed by atoms with E-state index >= 15 is 0 Å². The van der Waals surface area contributed by atoms with Gasteiger partial charge in [-0.25, -0.2) is 4.98 Å². The molecule has 0 fully saturated rings. The van der Waals surface area contributed by atoms with Gasteiger partial charge < -0.3 is 9.64 Å². The quantitative estimate of drug-likeness (QED) is 0.676. The van der Waals surface area contributed by atoms with Crippen LogP contribution >= 0.6 is 11.3 Å². The second kappa shape index (κ2) is 7.72. The molecule has 1 aliphatic rings. The van der Waals surface area contributed by atoms with E-state index in [0.29, 0.717) is 30.8 Å². The molecule has 0 bridgehead atoms. The minimum Gasteiger partial charge on any atom is -0.486 e. The van der Waals surface area contributed by atoms with Crippen molar-refractivity contribution in [1.29, 1.82) is 0 Å². The first-order valence-corrected chi connectivity index (χ1v) is 9.62. The van der Waals surface area contributed by atoms with Crippen molar-refractivity contribution >= 4 is 28.7 Å². The standard InChI is InChI=1S/C21H18N2O3S/c24-19-10-11-23(18-9-5-4-8-17(18)19)21(25)12-15-14-27-20(22-15)13-26-16-6-2-1-3-7-16/h1-9,14H,10-13H2. The lowest BCUT2D eigenvalue weighted by molar-refractivity contribution is -0.118. The summed E-state index contributed by atoms with van der Waals surface area (Å²) in [5.74, 6) is 0.833. The Morgan fingerprint density at radius 1 is 1.11 bits per heavy atom. The van der Waals surface area contributed by atoms with Crippen LogP contribution in [0.2, 0.25) is 0 Å². The molecule has 1 amide bonds. The highest BCUT2D eigenvalue weighted by Gasteiger charge is 2.27. The van der Waals surface area contributed by atoms with Crippen LogP contribution in [-0.2, 0) is 17.8 Å². The van der Waals surface area contributed by atoms with Gasteiger partial charge in [0.25, 0.3) is 0 Å². The lowest BCUT2D eigenvalue weighted by Crippen LogP contribution is -2.38. The number of benzene rings is 2. The third kappa shape index (κ3) is 3.90. The molecule has 3 aromatic rings. The van der Waals surface area contributed by atoms with Crippen molar-refractivity contribution in [3.8, 4) is 5.75 Å². The van der Waals surface area contributed by atoms with Crippen LogP contribution in [0, 0.1) is 0 Å². The van der Waals surface area contributed by atoms with Crippen molar-refractivity contribution in [1.82, 2.24) is 4.98 Å². The van der Waals surface area contributed by atoms with Gasteiger partial charge in [0.15, 0.2) is 5.78 Å². The number of fused-ring (bicyclic) bond motifs is 1. The molecule has 0 atom stereocenters. The zero-order valence-corrected chi connectivity index (χ0v) is 15.4.